The van der Waals surface area contributed by atoms with Gasteiger partial charge in [-0.1, -0.05) is 6.07 Å². The van der Waals surface area contributed by atoms with Crippen molar-refractivity contribution in [3.63, 3.8) is 0 Å². The maximum atomic E-state index is 12.5. The van der Waals surface area contributed by atoms with Crippen LogP contribution < -0.4 is 15.8 Å². The molecule has 148 valence electrons. The van der Waals surface area contributed by atoms with Crippen LogP contribution in [-0.4, -0.2) is 48.1 Å². The van der Waals surface area contributed by atoms with Gasteiger partial charge >= 0.3 is 6.03 Å². The van der Waals surface area contributed by atoms with Crippen LogP contribution >= 0.6 is 0 Å². The number of pyridine rings is 1. The molecule has 0 bridgehead atoms. The SMILES string of the molecule is COc1ccc(NC(=O)N2CCC(OCc3cccnc3)CC2)cc1C(N)=O. The first-order chi connectivity index (χ1) is 13.6. The Hall–Kier alpha value is -3.13. The number of carbonyl (C=O) groups excluding carboxylic acids is 2. The van der Waals surface area contributed by atoms with E-state index in [4.69, 9.17) is 15.2 Å². The number of nitrogens with one attached hydrogen (secondary N) is 1. The first kappa shape index (κ1) is 19.6. The molecule has 1 aliphatic heterocycles. The summed E-state index contributed by atoms with van der Waals surface area (Å²) in [5.41, 5.74) is 7.11. The average molecular weight is 384 g/mol. The highest BCUT2D eigenvalue weighted by Gasteiger charge is 2.23. The molecule has 2 aromatic rings. The lowest BCUT2D eigenvalue weighted by Gasteiger charge is -2.32. The molecule has 8 heteroatoms. The van der Waals surface area contributed by atoms with Gasteiger partial charge in [0.2, 0.25) is 0 Å². The summed E-state index contributed by atoms with van der Waals surface area (Å²) < 4.78 is 11.0. The molecule has 3 rings (SSSR count). The molecule has 1 aromatic heterocycles. The number of carbonyl (C=O) groups is 2. The van der Waals surface area contributed by atoms with Crippen molar-refractivity contribution in [1.29, 1.82) is 0 Å². The fourth-order valence-corrected chi connectivity index (χ4v) is 3.10. The van der Waals surface area contributed by atoms with Gasteiger partial charge in [0.05, 0.1) is 25.4 Å². The summed E-state index contributed by atoms with van der Waals surface area (Å²) >= 11 is 0. The molecular weight excluding hydrogens is 360 g/mol. The summed E-state index contributed by atoms with van der Waals surface area (Å²) in [5, 5.41) is 2.81. The van der Waals surface area contributed by atoms with E-state index in [-0.39, 0.29) is 17.7 Å². The molecule has 1 aliphatic rings. The molecule has 0 spiro atoms. The second-order valence-electron chi connectivity index (χ2n) is 6.57. The number of urea groups is 1. The lowest BCUT2D eigenvalue weighted by Crippen LogP contribution is -2.43. The lowest BCUT2D eigenvalue weighted by molar-refractivity contribution is 0.00529. The van der Waals surface area contributed by atoms with Crippen LogP contribution in [0, 0.1) is 0 Å². The van der Waals surface area contributed by atoms with Gasteiger partial charge in [0.25, 0.3) is 5.91 Å². The molecule has 1 aromatic carbocycles. The van der Waals surface area contributed by atoms with Crippen LogP contribution in [0.25, 0.3) is 0 Å². The average Bonchev–Trinajstić information content (AvgIpc) is 2.73. The number of ether oxygens (including phenoxy) is 2. The summed E-state index contributed by atoms with van der Waals surface area (Å²) in [5.74, 6) is -0.239. The first-order valence-electron chi connectivity index (χ1n) is 9.11. The van der Waals surface area contributed by atoms with E-state index in [0.717, 1.165) is 18.4 Å². The van der Waals surface area contributed by atoms with Gasteiger partial charge in [0.1, 0.15) is 5.75 Å². The molecule has 0 radical (unpaired) electrons. The first-order valence-corrected chi connectivity index (χ1v) is 9.11. The minimum absolute atomic E-state index is 0.117. The Bertz CT molecular complexity index is 820. The number of aromatic nitrogens is 1. The van der Waals surface area contributed by atoms with E-state index in [1.165, 1.54) is 13.2 Å². The number of hydrogen-bond donors (Lipinski definition) is 2. The molecule has 0 atom stereocenters. The Morgan fingerprint density at radius 3 is 2.71 bits per heavy atom. The van der Waals surface area contributed by atoms with Crippen molar-refractivity contribution in [3.8, 4) is 5.75 Å². The van der Waals surface area contributed by atoms with E-state index >= 15 is 0 Å². The molecule has 1 saturated heterocycles. The number of nitrogens with zero attached hydrogens (tertiary/aromatic N) is 2. The Labute approximate surface area is 163 Å². The zero-order chi connectivity index (χ0) is 19.9. The Morgan fingerprint density at radius 2 is 2.07 bits per heavy atom. The molecule has 3 amide bonds. The minimum atomic E-state index is -0.612. The molecule has 0 saturated carbocycles. The quantitative estimate of drug-likeness (QED) is 0.795. The number of anilines is 1. The lowest BCUT2D eigenvalue weighted by atomic mass is 10.1. The largest absolute Gasteiger partial charge is 0.496 e. The highest BCUT2D eigenvalue weighted by atomic mass is 16.5. The Morgan fingerprint density at radius 1 is 1.29 bits per heavy atom. The van der Waals surface area contributed by atoms with E-state index in [2.05, 4.69) is 10.3 Å². The second kappa shape index (κ2) is 9.18. The van der Waals surface area contributed by atoms with E-state index in [0.29, 0.717) is 31.1 Å². The highest BCUT2D eigenvalue weighted by Crippen LogP contribution is 2.23. The number of likely N-dealkylation sites (tertiary alicyclic amines) is 1. The summed E-state index contributed by atoms with van der Waals surface area (Å²) in [6, 6.07) is 8.44. The summed E-state index contributed by atoms with van der Waals surface area (Å²) in [6.45, 7) is 1.72. The van der Waals surface area contributed by atoms with Crippen LogP contribution in [0.15, 0.2) is 42.7 Å². The van der Waals surface area contributed by atoms with Crippen LogP contribution in [-0.2, 0) is 11.3 Å². The Kier molecular flexibility index (Phi) is 6.44. The van der Waals surface area contributed by atoms with Crippen molar-refractivity contribution >= 4 is 17.6 Å². The predicted molar refractivity (Wildman–Crippen MR) is 104 cm³/mol. The maximum absolute atomic E-state index is 12.5. The normalized spacial score (nSPS) is 14.5. The number of piperidine rings is 1. The fourth-order valence-electron chi connectivity index (χ4n) is 3.10. The summed E-state index contributed by atoms with van der Waals surface area (Å²) in [6.07, 6.45) is 5.17. The van der Waals surface area contributed by atoms with Crippen molar-refractivity contribution in [2.45, 2.75) is 25.6 Å². The van der Waals surface area contributed by atoms with Crippen LogP contribution in [0.1, 0.15) is 28.8 Å². The molecule has 0 aliphatic carbocycles. The third-order valence-electron chi connectivity index (χ3n) is 4.65. The highest BCUT2D eigenvalue weighted by molar-refractivity contribution is 5.98. The van der Waals surface area contributed by atoms with Crippen molar-refractivity contribution < 1.29 is 19.1 Å². The number of hydrogen-bond acceptors (Lipinski definition) is 5. The monoisotopic (exact) mass is 384 g/mol. The molecular formula is C20H24N4O4. The van der Waals surface area contributed by atoms with Crippen molar-refractivity contribution in [3.05, 3.63) is 53.9 Å². The molecule has 28 heavy (non-hydrogen) atoms. The van der Waals surface area contributed by atoms with Gasteiger partial charge in [-0.15, -0.1) is 0 Å². The van der Waals surface area contributed by atoms with Gasteiger partial charge < -0.3 is 25.4 Å². The second-order valence-corrected chi connectivity index (χ2v) is 6.57. The standard InChI is InChI=1S/C20H24N4O4/c1-27-18-5-4-15(11-17(18)19(21)25)23-20(26)24-9-6-16(7-10-24)28-13-14-3-2-8-22-12-14/h2-5,8,11-12,16H,6-7,9-10,13H2,1H3,(H2,21,25)(H,23,26). The molecule has 8 nitrogen and oxygen atoms in total. The third kappa shape index (κ3) is 4.98. The number of amides is 3. The third-order valence-corrected chi connectivity index (χ3v) is 4.65. The van der Waals surface area contributed by atoms with E-state index in [1.807, 2.05) is 12.1 Å². The predicted octanol–water partition coefficient (Wildman–Crippen LogP) is 2.40. The Balaban J connectivity index is 1.50. The van der Waals surface area contributed by atoms with Crippen molar-refractivity contribution in [2.75, 3.05) is 25.5 Å². The summed E-state index contributed by atoms with van der Waals surface area (Å²) in [7, 11) is 1.46. The van der Waals surface area contributed by atoms with E-state index in [9.17, 15) is 9.59 Å². The maximum Gasteiger partial charge on any atom is 0.321 e. The van der Waals surface area contributed by atoms with Crippen LogP contribution in [0.3, 0.4) is 0 Å². The molecule has 0 unspecified atom stereocenters. The van der Waals surface area contributed by atoms with E-state index < -0.39 is 5.91 Å². The molecule has 1 fully saturated rings. The number of nitrogens with two attached hydrogens (primary N) is 1. The van der Waals surface area contributed by atoms with Crippen LogP contribution in [0.5, 0.6) is 5.75 Å². The van der Waals surface area contributed by atoms with Crippen molar-refractivity contribution in [1.82, 2.24) is 9.88 Å². The van der Waals surface area contributed by atoms with Gasteiger partial charge in [-0.25, -0.2) is 4.79 Å². The number of rotatable bonds is 6. The number of primary amides is 1. The van der Waals surface area contributed by atoms with Crippen molar-refractivity contribution in [2.24, 2.45) is 5.73 Å². The minimum Gasteiger partial charge on any atom is -0.496 e. The van der Waals surface area contributed by atoms with Gasteiger partial charge in [-0.2, -0.15) is 0 Å². The fraction of sp³-hybridized carbons (Fsp3) is 0.350. The van der Waals surface area contributed by atoms with Crippen LogP contribution in [0.2, 0.25) is 0 Å². The molecule has 2 heterocycles. The zero-order valence-corrected chi connectivity index (χ0v) is 15.8. The van der Waals surface area contributed by atoms with Gasteiger partial charge in [-0.3, -0.25) is 9.78 Å². The van der Waals surface area contributed by atoms with Gasteiger partial charge in [0.15, 0.2) is 0 Å². The topological polar surface area (TPSA) is 107 Å². The zero-order valence-electron chi connectivity index (χ0n) is 15.8. The van der Waals surface area contributed by atoms with Gasteiger partial charge in [0, 0.05) is 31.2 Å². The smallest absolute Gasteiger partial charge is 0.321 e. The van der Waals surface area contributed by atoms with E-state index in [1.54, 1.807) is 29.4 Å². The number of benzene rings is 1. The van der Waals surface area contributed by atoms with Crippen LogP contribution in [0.4, 0.5) is 10.5 Å². The molecule has 3 N–H and O–H groups in total. The van der Waals surface area contributed by atoms with Gasteiger partial charge in [-0.05, 0) is 42.7 Å². The summed E-state index contributed by atoms with van der Waals surface area (Å²) in [4.78, 5) is 29.8. The number of methoxy groups -OCH3 is 1.